The van der Waals surface area contributed by atoms with Crippen molar-refractivity contribution in [2.24, 2.45) is 0 Å². The fraction of sp³-hybridized carbons (Fsp3) is 0.176. The van der Waals surface area contributed by atoms with Crippen molar-refractivity contribution in [3.8, 4) is 5.75 Å². The van der Waals surface area contributed by atoms with E-state index in [1.54, 1.807) is 19.4 Å². The molecule has 1 aliphatic rings. The van der Waals surface area contributed by atoms with Gasteiger partial charge in [0.25, 0.3) is 0 Å². The monoisotopic (exact) mass is 297 g/mol. The third-order valence-electron chi connectivity index (χ3n) is 3.48. The zero-order valence-corrected chi connectivity index (χ0v) is 13.0. The van der Waals surface area contributed by atoms with E-state index >= 15 is 0 Å². The second-order valence-corrected chi connectivity index (χ2v) is 5.00. The number of nitrogens with zero attached hydrogens (tertiary/aromatic N) is 1. The van der Waals surface area contributed by atoms with E-state index in [2.05, 4.69) is 0 Å². The van der Waals surface area contributed by atoms with Gasteiger partial charge in [0.2, 0.25) is 0 Å². The molecule has 0 aromatic heterocycles. The van der Waals surface area contributed by atoms with Crippen LogP contribution >= 0.6 is 0 Å². The number of hydrogen-bond acceptors (Lipinski definition) is 4. The molecule has 0 saturated heterocycles. The van der Waals surface area contributed by atoms with Crippen LogP contribution in [0.3, 0.4) is 0 Å². The predicted molar refractivity (Wildman–Crippen MR) is 89.7 cm³/mol. The van der Waals surface area contributed by atoms with Crippen LogP contribution < -0.4 is 4.74 Å². The minimum absolute atomic E-state index is 0.445. The van der Waals surface area contributed by atoms with Crippen LogP contribution in [-0.4, -0.2) is 29.2 Å². The summed E-state index contributed by atoms with van der Waals surface area (Å²) in [5.41, 5.74) is 3.49. The van der Waals surface area contributed by atoms with Crippen molar-refractivity contribution < 1.29 is 14.8 Å². The Labute approximate surface area is 131 Å². The highest BCUT2D eigenvalue weighted by molar-refractivity contribution is 6.51. The molecule has 0 spiro atoms. The van der Waals surface area contributed by atoms with Crippen molar-refractivity contribution >= 4 is 12.7 Å². The summed E-state index contributed by atoms with van der Waals surface area (Å²) in [4.78, 5) is 1.88. The Balaban J connectivity index is 2.34. The van der Waals surface area contributed by atoms with E-state index < -0.39 is 7.12 Å². The first kappa shape index (κ1) is 16.1. The van der Waals surface area contributed by atoms with Gasteiger partial charge in [0, 0.05) is 18.1 Å². The Bertz CT molecular complexity index is 660. The lowest BCUT2D eigenvalue weighted by molar-refractivity contribution is 0.414. The van der Waals surface area contributed by atoms with Crippen LogP contribution in [0.25, 0.3) is 5.57 Å². The maximum Gasteiger partial charge on any atom is 0.489 e. The maximum atomic E-state index is 9.33. The highest BCUT2D eigenvalue weighted by Gasteiger charge is 2.17. The van der Waals surface area contributed by atoms with Gasteiger partial charge in [0.05, 0.1) is 7.11 Å². The third kappa shape index (κ3) is 3.69. The molecular weight excluding hydrogens is 277 g/mol. The zero-order chi connectivity index (χ0) is 16.1. The third-order valence-corrected chi connectivity index (χ3v) is 3.48. The van der Waals surface area contributed by atoms with E-state index in [9.17, 15) is 10.0 Å². The summed E-state index contributed by atoms with van der Waals surface area (Å²) >= 11 is 0. The van der Waals surface area contributed by atoms with E-state index in [1.807, 2.05) is 61.4 Å². The van der Waals surface area contributed by atoms with E-state index in [0.29, 0.717) is 5.47 Å². The molecule has 0 amide bonds. The minimum Gasteiger partial charge on any atom is -0.497 e. The van der Waals surface area contributed by atoms with Crippen molar-refractivity contribution in [3.05, 3.63) is 71.6 Å². The lowest BCUT2D eigenvalue weighted by Gasteiger charge is -2.23. The smallest absolute Gasteiger partial charge is 0.489 e. The van der Waals surface area contributed by atoms with Crippen molar-refractivity contribution in [1.29, 1.82) is 0 Å². The summed E-state index contributed by atoms with van der Waals surface area (Å²) in [7, 11) is 0.158. The minimum atomic E-state index is -1.48. The predicted octanol–water partition coefficient (Wildman–Crippen LogP) is 2.73. The lowest BCUT2D eigenvalue weighted by Crippen LogP contribution is -2.21. The highest BCUT2D eigenvalue weighted by atomic mass is 16.5. The van der Waals surface area contributed by atoms with Crippen molar-refractivity contribution in [3.63, 3.8) is 0 Å². The molecule has 1 aromatic rings. The van der Waals surface area contributed by atoms with Gasteiger partial charge in [-0.05, 0) is 48.7 Å². The molecule has 0 radical (unpaired) electrons. The van der Waals surface area contributed by atoms with E-state index in [0.717, 1.165) is 22.6 Å². The van der Waals surface area contributed by atoms with Crippen LogP contribution in [0.1, 0.15) is 19.4 Å². The Kier molecular flexibility index (Phi) is 5.25. The molecular formula is C17H20BNO3. The summed E-state index contributed by atoms with van der Waals surface area (Å²) in [6.45, 7) is 3.94. The number of hydrogen-bond donors (Lipinski definition) is 2. The van der Waals surface area contributed by atoms with Gasteiger partial charge in [-0.25, -0.2) is 0 Å². The van der Waals surface area contributed by atoms with Gasteiger partial charge < -0.3 is 19.7 Å². The van der Waals surface area contributed by atoms with Gasteiger partial charge in [0.15, 0.2) is 0 Å². The molecule has 0 unspecified atom stereocenters. The molecule has 114 valence electrons. The van der Waals surface area contributed by atoms with Crippen LogP contribution in [0.5, 0.6) is 5.75 Å². The first-order valence-electron chi connectivity index (χ1n) is 7.08. The molecule has 1 aliphatic heterocycles. The number of ether oxygens (including phenoxy) is 1. The van der Waals surface area contributed by atoms with Crippen LogP contribution in [0, 0.1) is 0 Å². The lowest BCUT2D eigenvalue weighted by atomic mass is 9.78. The summed E-state index contributed by atoms with van der Waals surface area (Å²) in [6, 6.07) is 7.82. The van der Waals surface area contributed by atoms with Crippen molar-refractivity contribution in [1.82, 2.24) is 4.90 Å². The van der Waals surface area contributed by atoms with E-state index in [1.165, 1.54) is 0 Å². The second kappa shape index (κ2) is 7.16. The fourth-order valence-corrected chi connectivity index (χ4v) is 2.21. The molecule has 0 fully saturated rings. The van der Waals surface area contributed by atoms with Gasteiger partial charge >= 0.3 is 7.12 Å². The van der Waals surface area contributed by atoms with Gasteiger partial charge in [0.1, 0.15) is 5.75 Å². The van der Waals surface area contributed by atoms with Crippen LogP contribution in [0.4, 0.5) is 0 Å². The molecule has 1 heterocycles. The molecule has 1 aromatic carbocycles. The largest absolute Gasteiger partial charge is 0.497 e. The second-order valence-electron chi connectivity index (χ2n) is 5.00. The first-order valence-corrected chi connectivity index (χ1v) is 7.08. The van der Waals surface area contributed by atoms with Crippen molar-refractivity contribution in [2.45, 2.75) is 13.8 Å². The molecule has 5 heteroatoms. The Hall–Kier alpha value is -2.24. The van der Waals surface area contributed by atoms with Crippen LogP contribution in [0.15, 0.2) is 66.1 Å². The maximum absolute atomic E-state index is 9.33. The Morgan fingerprint density at radius 2 is 2.05 bits per heavy atom. The molecule has 0 aliphatic carbocycles. The van der Waals surface area contributed by atoms with Crippen LogP contribution in [0.2, 0.25) is 0 Å². The molecule has 0 atom stereocenters. The summed E-state index contributed by atoms with van der Waals surface area (Å²) in [5, 5.41) is 18.7. The molecule has 4 nitrogen and oxygen atoms in total. The number of rotatable bonds is 4. The first-order chi connectivity index (χ1) is 10.5. The summed E-state index contributed by atoms with van der Waals surface area (Å²) in [5.74, 6) is 0.803. The molecule has 0 saturated carbocycles. The Morgan fingerprint density at radius 3 is 2.68 bits per heavy atom. The van der Waals surface area contributed by atoms with Gasteiger partial charge in [-0.1, -0.05) is 24.3 Å². The zero-order valence-electron chi connectivity index (χ0n) is 13.0. The highest BCUT2D eigenvalue weighted by Crippen LogP contribution is 2.24. The Morgan fingerprint density at radius 1 is 1.27 bits per heavy atom. The molecule has 2 rings (SSSR count). The average Bonchev–Trinajstić information content (AvgIpc) is 2.54. The molecule has 0 bridgehead atoms. The van der Waals surface area contributed by atoms with E-state index in [4.69, 9.17) is 4.74 Å². The van der Waals surface area contributed by atoms with Crippen molar-refractivity contribution in [2.75, 3.05) is 7.11 Å². The summed E-state index contributed by atoms with van der Waals surface area (Å²) in [6.07, 6.45) is 9.18. The van der Waals surface area contributed by atoms with Gasteiger partial charge in [-0.2, -0.15) is 0 Å². The summed E-state index contributed by atoms with van der Waals surface area (Å²) < 4.78 is 5.24. The van der Waals surface area contributed by atoms with Gasteiger partial charge in [-0.15, -0.1) is 0 Å². The topological polar surface area (TPSA) is 52.9 Å². The standard InChI is InChI=1S/C17H20BNO3/c1-4-16-9-8-15(18(20)21)12-19(16)11-13(2)14-6-5-7-17(10-14)22-3/h4-12,20-21H,1-3H3/b13-11+,16-4?. The number of methoxy groups -OCH3 is 1. The molecule has 22 heavy (non-hydrogen) atoms. The molecule has 2 N–H and O–H groups in total. The normalized spacial score (nSPS) is 16.8. The quantitative estimate of drug-likeness (QED) is 0.839. The number of allylic oxidation sites excluding steroid dienone is 5. The average molecular weight is 297 g/mol. The van der Waals surface area contributed by atoms with Gasteiger partial charge in [-0.3, -0.25) is 0 Å². The SMILES string of the molecule is CC=C1C=CC(B(O)O)=CN1/C=C(\C)c1cccc(OC)c1. The van der Waals surface area contributed by atoms with E-state index in [-0.39, 0.29) is 0 Å². The van der Waals surface area contributed by atoms with Crippen LogP contribution in [-0.2, 0) is 0 Å². The number of benzene rings is 1. The fourth-order valence-electron chi connectivity index (χ4n) is 2.21.